The van der Waals surface area contributed by atoms with E-state index >= 15 is 0 Å². The predicted octanol–water partition coefficient (Wildman–Crippen LogP) is 5.66. The van der Waals surface area contributed by atoms with Gasteiger partial charge in [0, 0.05) is 22.2 Å². The summed E-state index contributed by atoms with van der Waals surface area (Å²) in [6.07, 6.45) is 3.82. The molecular formula is C18H15Cl2NO2. The average Bonchev–Trinajstić information content (AvgIpc) is 2.95. The van der Waals surface area contributed by atoms with Crippen LogP contribution in [-0.4, -0.2) is 19.2 Å². The minimum atomic E-state index is 0.545. The molecule has 1 heterocycles. The molecule has 3 rings (SSSR count). The fourth-order valence-electron chi connectivity index (χ4n) is 2.36. The highest BCUT2D eigenvalue weighted by Crippen LogP contribution is 2.32. The van der Waals surface area contributed by atoms with Crippen LogP contribution in [0.2, 0.25) is 10.0 Å². The number of aromatic nitrogens is 1. The maximum Gasteiger partial charge on any atom is 0.121 e. The van der Waals surface area contributed by atoms with Gasteiger partial charge in [0.15, 0.2) is 0 Å². The molecule has 0 unspecified atom stereocenters. The SMILES string of the molecule is COc1cc(Cl)c(C=Cc2cc3cc(OC)ccc3[nH]2)c(Cl)c1. The number of benzene rings is 2. The second kappa shape index (κ2) is 6.57. The highest BCUT2D eigenvalue weighted by atomic mass is 35.5. The number of aromatic amines is 1. The van der Waals surface area contributed by atoms with Gasteiger partial charge in [-0.3, -0.25) is 0 Å². The maximum atomic E-state index is 6.26. The first-order chi connectivity index (χ1) is 11.1. The third kappa shape index (κ3) is 3.31. The van der Waals surface area contributed by atoms with Crippen molar-refractivity contribution in [2.24, 2.45) is 0 Å². The summed E-state index contributed by atoms with van der Waals surface area (Å²) in [6.45, 7) is 0. The van der Waals surface area contributed by atoms with Crippen LogP contribution in [0.25, 0.3) is 23.1 Å². The van der Waals surface area contributed by atoms with Gasteiger partial charge in [-0.05, 0) is 48.6 Å². The van der Waals surface area contributed by atoms with E-state index in [9.17, 15) is 0 Å². The highest BCUT2D eigenvalue weighted by Gasteiger charge is 2.06. The number of halogens is 2. The van der Waals surface area contributed by atoms with Crippen molar-refractivity contribution in [2.75, 3.05) is 14.2 Å². The van der Waals surface area contributed by atoms with Gasteiger partial charge in [0.05, 0.1) is 24.3 Å². The summed E-state index contributed by atoms with van der Waals surface area (Å²) < 4.78 is 10.4. The molecule has 0 saturated carbocycles. The van der Waals surface area contributed by atoms with E-state index in [0.29, 0.717) is 15.8 Å². The van der Waals surface area contributed by atoms with Gasteiger partial charge < -0.3 is 14.5 Å². The molecule has 3 nitrogen and oxygen atoms in total. The van der Waals surface area contributed by atoms with Crippen molar-refractivity contribution >= 4 is 46.3 Å². The summed E-state index contributed by atoms with van der Waals surface area (Å²) in [5, 5.41) is 2.17. The molecule has 1 aromatic heterocycles. The van der Waals surface area contributed by atoms with Crippen LogP contribution in [0.15, 0.2) is 36.4 Å². The predicted molar refractivity (Wildman–Crippen MR) is 96.8 cm³/mol. The van der Waals surface area contributed by atoms with Crippen molar-refractivity contribution in [2.45, 2.75) is 0 Å². The first kappa shape index (κ1) is 15.8. The van der Waals surface area contributed by atoms with E-state index < -0.39 is 0 Å². The lowest BCUT2D eigenvalue weighted by Crippen LogP contribution is -1.85. The molecule has 0 aliphatic rings. The summed E-state index contributed by atoms with van der Waals surface area (Å²) in [5.41, 5.74) is 2.75. The minimum Gasteiger partial charge on any atom is -0.497 e. The molecule has 3 aromatic rings. The zero-order valence-electron chi connectivity index (χ0n) is 12.7. The van der Waals surface area contributed by atoms with E-state index in [1.54, 1.807) is 26.4 Å². The number of H-pyrrole nitrogens is 1. The van der Waals surface area contributed by atoms with Gasteiger partial charge in [-0.1, -0.05) is 23.2 Å². The van der Waals surface area contributed by atoms with Crippen LogP contribution in [0.1, 0.15) is 11.3 Å². The molecule has 0 spiro atoms. The van der Waals surface area contributed by atoms with Gasteiger partial charge in [0.25, 0.3) is 0 Å². The van der Waals surface area contributed by atoms with E-state index in [1.807, 2.05) is 36.4 Å². The Kier molecular flexibility index (Phi) is 4.51. The summed E-state index contributed by atoms with van der Waals surface area (Å²) >= 11 is 12.5. The Hall–Kier alpha value is -2.10. The fourth-order valence-corrected chi connectivity index (χ4v) is 2.95. The van der Waals surface area contributed by atoms with Crippen molar-refractivity contribution in [3.63, 3.8) is 0 Å². The van der Waals surface area contributed by atoms with Gasteiger partial charge in [-0.2, -0.15) is 0 Å². The van der Waals surface area contributed by atoms with Crippen LogP contribution in [0, 0.1) is 0 Å². The standard InChI is InChI=1S/C18H15Cl2NO2/c1-22-13-4-6-18-11(8-13)7-12(21-18)3-5-15-16(19)9-14(23-2)10-17(15)20/h3-10,21H,1-2H3. The van der Waals surface area contributed by atoms with Crippen LogP contribution in [-0.2, 0) is 0 Å². The molecule has 5 heteroatoms. The molecule has 0 bridgehead atoms. The molecule has 1 N–H and O–H groups in total. The van der Waals surface area contributed by atoms with E-state index in [2.05, 4.69) is 4.98 Å². The summed E-state index contributed by atoms with van der Waals surface area (Å²) in [6, 6.07) is 11.4. The number of rotatable bonds is 4. The topological polar surface area (TPSA) is 34.2 Å². The Balaban J connectivity index is 1.94. The van der Waals surface area contributed by atoms with Crippen molar-refractivity contribution in [3.8, 4) is 11.5 Å². The number of hydrogen-bond acceptors (Lipinski definition) is 2. The number of nitrogens with one attached hydrogen (secondary N) is 1. The van der Waals surface area contributed by atoms with Crippen LogP contribution in [0.5, 0.6) is 11.5 Å². The van der Waals surface area contributed by atoms with Gasteiger partial charge in [0.2, 0.25) is 0 Å². The molecule has 0 saturated heterocycles. The molecule has 0 fully saturated rings. The van der Waals surface area contributed by atoms with Crippen molar-refractivity contribution in [3.05, 3.63) is 57.7 Å². The monoisotopic (exact) mass is 347 g/mol. The number of hydrogen-bond donors (Lipinski definition) is 1. The first-order valence-corrected chi connectivity index (χ1v) is 7.74. The zero-order chi connectivity index (χ0) is 16.4. The van der Waals surface area contributed by atoms with Crippen LogP contribution in [0.3, 0.4) is 0 Å². The number of methoxy groups -OCH3 is 2. The Morgan fingerprint density at radius 2 is 1.57 bits per heavy atom. The number of fused-ring (bicyclic) bond motifs is 1. The van der Waals surface area contributed by atoms with Gasteiger partial charge in [0.1, 0.15) is 11.5 Å². The molecule has 2 aromatic carbocycles. The van der Waals surface area contributed by atoms with Gasteiger partial charge in [-0.25, -0.2) is 0 Å². The molecule has 0 amide bonds. The second-order valence-electron chi connectivity index (χ2n) is 5.02. The Labute approximate surface area is 144 Å². The molecular weight excluding hydrogens is 333 g/mol. The quantitative estimate of drug-likeness (QED) is 0.660. The molecule has 0 aliphatic carbocycles. The van der Waals surface area contributed by atoms with E-state index in [0.717, 1.165) is 27.9 Å². The van der Waals surface area contributed by atoms with Crippen molar-refractivity contribution in [1.82, 2.24) is 4.98 Å². The Morgan fingerprint density at radius 3 is 2.22 bits per heavy atom. The largest absolute Gasteiger partial charge is 0.497 e. The number of ether oxygens (including phenoxy) is 2. The van der Waals surface area contributed by atoms with Crippen LogP contribution >= 0.6 is 23.2 Å². The molecule has 0 atom stereocenters. The van der Waals surface area contributed by atoms with Gasteiger partial charge in [-0.15, -0.1) is 0 Å². The highest BCUT2D eigenvalue weighted by molar-refractivity contribution is 6.37. The smallest absolute Gasteiger partial charge is 0.121 e. The summed E-state index contributed by atoms with van der Waals surface area (Å²) in [5.74, 6) is 1.46. The fraction of sp³-hybridized carbons (Fsp3) is 0.111. The molecule has 0 aliphatic heterocycles. The van der Waals surface area contributed by atoms with E-state index in [4.69, 9.17) is 32.7 Å². The summed E-state index contributed by atoms with van der Waals surface area (Å²) in [7, 11) is 3.23. The average molecular weight is 348 g/mol. The van der Waals surface area contributed by atoms with Gasteiger partial charge >= 0.3 is 0 Å². The second-order valence-corrected chi connectivity index (χ2v) is 5.83. The summed E-state index contributed by atoms with van der Waals surface area (Å²) in [4.78, 5) is 3.33. The minimum absolute atomic E-state index is 0.545. The van der Waals surface area contributed by atoms with Crippen LogP contribution in [0.4, 0.5) is 0 Å². The lowest BCUT2D eigenvalue weighted by Gasteiger charge is -2.05. The van der Waals surface area contributed by atoms with E-state index in [-0.39, 0.29) is 0 Å². The van der Waals surface area contributed by atoms with Crippen molar-refractivity contribution < 1.29 is 9.47 Å². The Morgan fingerprint density at radius 1 is 0.870 bits per heavy atom. The maximum absolute atomic E-state index is 6.26. The Bertz CT molecular complexity index is 861. The zero-order valence-corrected chi connectivity index (χ0v) is 14.2. The van der Waals surface area contributed by atoms with Crippen molar-refractivity contribution in [1.29, 1.82) is 0 Å². The normalized spacial score (nSPS) is 11.3. The lowest BCUT2D eigenvalue weighted by molar-refractivity contribution is 0.415. The molecule has 23 heavy (non-hydrogen) atoms. The lowest BCUT2D eigenvalue weighted by atomic mass is 10.2. The third-order valence-corrected chi connectivity index (χ3v) is 4.19. The van der Waals surface area contributed by atoms with Crippen LogP contribution < -0.4 is 9.47 Å². The third-order valence-electron chi connectivity index (χ3n) is 3.57. The molecule has 118 valence electrons. The first-order valence-electron chi connectivity index (χ1n) is 6.98. The van der Waals surface area contributed by atoms with E-state index in [1.165, 1.54) is 0 Å². The molecule has 0 radical (unpaired) electrons.